The summed E-state index contributed by atoms with van der Waals surface area (Å²) in [4.78, 5) is 11.2. The minimum absolute atomic E-state index is 0.0839. The smallest absolute Gasteiger partial charge is 0.262 e. The van der Waals surface area contributed by atoms with E-state index in [1.54, 1.807) is 0 Å². The van der Waals surface area contributed by atoms with Gasteiger partial charge in [0.05, 0.1) is 5.69 Å². The molecular formula is C14H18N2O2. The standard InChI is InChI=1S/C14H18N2O2/c1-9-4-11(9)7-15-6-10-2-3-13-12(5-10)16-14(17)8-18-13/h2-3,5,9,11,15H,4,6-8H2,1H3,(H,16,17). The molecule has 3 rings (SSSR count). The normalized spacial score (nSPS) is 25.1. The van der Waals surface area contributed by atoms with Crippen LogP contribution in [0.25, 0.3) is 0 Å². The van der Waals surface area contributed by atoms with E-state index in [9.17, 15) is 4.79 Å². The summed E-state index contributed by atoms with van der Waals surface area (Å²) in [5.41, 5.74) is 1.96. The predicted molar refractivity (Wildman–Crippen MR) is 69.5 cm³/mol. The molecule has 1 aliphatic carbocycles. The Balaban J connectivity index is 1.59. The summed E-state index contributed by atoms with van der Waals surface area (Å²) in [6.07, 6.45) is 1.35. The van der Waals surface area contributed by atoms with Crippen molar-refractivity contribution in [2.75, 3.05) is 18.5 Å². The second kappa shape index (κ2) is 4.61. The van der Waals surface area contributed by atoms with Gasteiger partial charge in [-0.15, -0.1) is 0 Å². The molecule has 2 aliphatic rings. The van der Waals surface area contributed by atoms with Crippen molar-refractivity contribution in [2.24, 2.45) is 11.8 Å². The van der Waals surface area contributed by atoms with Crippen LogP contribution in [0.1, 0.15) is 18.9 Å². The lowest BCUT2D eigenvalue weighted by Crippen LogP contribution is -2.25. The second-order valence-electron chi connectivity index (χ2n) is 5.27. The number of fused-ring (bicyclic) bond motifs is 1. The number of ether oxygens (including phenoxy) is 1. The Bertz CT molecular complexity index is 473. The minimum Gasteiger partial charge on any atom is -0.482 e. The SMILES string of the molecule is CC1CC1CNCc1ccc2c(c1)NC(=O)CO2. The first-order chi connectivity index (χ1) is 8.72. The molecule has 2 unspecified atom stereocenters. The van der Waals surface area contributed by atoms with Crippen LogP contribution in [0, 0.1) is 11.8 Å². The number of nitrogens with one attached hydrogen (secondary N) is 2. The Morgan fingerprint density at radius 1 is 1.50 bits per heavy atom. The van der Waals surface area contributed by atoms with Crippen molar-refractivity contribution in [3.8, 4) is 5.75 Å². The van der Waals surface area contributed by atoms with Gasteiger partial charge >= 0.3 is 0 Å². The van der Waals surface area contributed by atoms with Crippen molar-refractivity contribution in [1.82, 2.24) is 5.32 Å². The second-order valence-corrected chi connectivity index (χ2v) is 5.27. The van der Waals surface area contributed by atoms with Crippen molar-refractivity contribution in [3.05, 3.63) is 23.8 Å². The van der Waals surface area contributed by atoms with Gasteiger partial charge in [0.15, 0.2) is 6.61 Å². The van der Waals surface area contributed by atoms with Crippen LogP contribution in [-0.2, 0) is 11.3 Å². The van der Waals surface area contributed by atoms with Gasteiger partial charge in [-0.05, 0) is 42.5 Å². The molecule has 0 bridgehead atoms. The van der Waals surface area contributed by atoms with E-state index >= 15 is 0 Å². The van der Waals surface area contributed by atoms with E-state index in [1.807, 2.05) is 18.2 Å². The Labute approximate surface area is 107 Å². The molecule has 4 nitrogen and oxygen atoms in total. The lowest BCUT2D eigenvalue weighted by atomic mass is 10.1. The van der Waals surface area contributed by atoms with Crippen molar-refractivity contribution < 1.29 is 9.53 Å². The van der Waals surface area contributed by atoms with Gasteiger partial charge in [-0.25, -0.2) is 0 Å². The van der Waals surface area contributed by atoms with E-state index in [0.29, 0.717) is 0 Å². The fourth-order valence-corrected chi connectivity index (χ4v) is 2.33. The third kappa shape index (κ3) is 2.48. The number of amides is 1. The van der Waals surface area contributed by atoms with Gasteiger partial charge in [-0.1, -0.05) is 13.0 Å². The van der Waals surface area contributed by atoms with Gasteiger partial charge in [0.1, 0.15) is 5.75 Å². The number of benzene rings is 1. The third-order valence-corrected chi connectivity index (χ3v) is 3.69. The average molecular weight is 246 g/mol. The zero-order valence-electron chi connectivity index (χ0n) is 10.5. The molecule has 2 atom stereocenters. The summed E-state index contributed by atoms with van der Waals surface area (Å²) < 4.78 is 5.33. The largest absolute Gasteiger partial charge is 0.482 e. The van der Waals surface area contributed by atoms with Gasteiger partial charge < -0.3 is 15.4 Å². The lowest BCUT2D eigenvalue weighted by molar-refractivity contribution is -0.118. The number of hydrogen-bond donors (Lipinski definition) is 2. The number of hydrogen-bond acceptors (Lipinski definition) is 3. The Morgan fingerprint density at radius 3 is 3.11 bits per heavy atom. The first-order valence-electron chi connectivity index (χ1n) is 6.48. The molecule has 18 heavy (non-hydrogen) atoms. The fraction of sp³-hybridized carbons (Fsp3) is 0.500. The molecule has 0 saturated heterocycles. The molecule has 0 aromatic heterocycles. The minimum atomic E-state index is -0.0839. The molecule has 1 amide bonds. The molecule has 1 aromatic rings. The maximum Gasteiger partial charge on any atom is 0.262 e. The highest BCUT2D eigenvalue weighted by molar-refractivity contribution is 5.95. The Hall–Kier alpha value is -1.55. The van der Waals surface area contributed by atoms with Crippen LogP contribution in [0.2, 0.25) is 0 Å². The van der Waals surface area contributed by atoms with E-state index in [0.717, 1.165) is 36.4 Å². The van der Waals surface area contributed by atoms with Gasteiger partial charge in [0, 0.05) is 6.54 Å². The highest BCUT2D eigenvalue weighted by Crippen LogP contribution is 2.36. The van der Waals surface area contributed by atoms with E-state index in [-0.39, 0.29) is 12.5 Å². The monoisotopic (exact) mass is 246 g/mol. The van der Waals surface area contributed by atoms with E-state index in [1.165, 1.54) is 12.0 Å². The Morgan fingerprint density at radius 2 is 2.33 bits per heavy atom. The zero-order chi connectivity index (χ0) is 12.5. The summed E-state index contributed by atoms with van der Waals surface area (Å²) in [6, 6.07) is 5.95. The van der Waals surface area contributed by atoms with Crippen molar-refractivity contribution in [3.63, 3.8) is 0 Å². The van der Waals surface area contributed by atoms with Crippen LogP contribution in [0.4, 0.5) is 5.69 Å². The number of carbonyl (C=O) groups excluding carboxylic acids is 1. The molecule has 96 valence electrons. The van der Waals surface area contributed by atoms with Crippen molar-refractivity contribution in [1.29, 1.82) is 0 Å². The molecule has 1 aromatic carbocycles. The molecule has 4 heteroatoms. The summed E-state index contributed by atoms with van der Waals surface area (Å²) in [7, 11) is 0. The highest BCUT2D eigenvalue weighted by atomic mass is 16.5. The Kier molecular flexibility index (Phi) is 2.96. The van der Waals surface area contributed by atoms with E-state index < -0.39 is 0 Å². The third-order valence-electron chi connectivity index (χ3n) is 3.69. The first-order valence-corrected chi connectivity index (χ1v) is 6.48. The molecule has 1 saturated carbocycles. The summed E-state index contributed by atoms with van der Waals surface area (Å²) >= 11 is 0. The maximum absolute atomic E-state index is 11.2. The molecule has 0 radical (unpaired) electrons. The van der Waals surface area contributed by atoms with E-state index in [2.05, 4.69) is 17.6 Å². The van der Waals surface area contributed by atoms with Gasteiger partial charge in [-0.3, -0.25) is 4.79 Å². The molecule has 1 fully saturated rings. The van der Waals surface area contributed by atoms with Gasteiger partial charge in [-0.2, -0.15) is 0 Å². The summed E-state index contributed by atoms with van der Waals surface area (Å²) in [6.45, 7) is 4.33. The average Bonchev–Trinajstić information content (AvgIpc) is 3.05. The number of anilines is 1. The molecular weight excluding hydrogens is 228 g/mol. The maximum atomic E-state index is 11.2. The molecule has 2 N–H and O–H groups in total. The van der Waals surface area contributed by atoms with Crippen LogP contribution < -0.4 is 15.4 Å². The molecule has 0 spiro atoms. The fourth-order valence-electron chi connectivity index (χ4n) is 2.33. The number of carbonyl (C=O) groups is 1. The van der Waals surface area contributed by atoms with Gasteiger partial charge in [0.2, 0.25) is 0 Å². The van der Waals surface area contributed by atoms with Gasteiger partial charge in [0.25, 0.3) is 5.91 Å². The van der Waals surface area contributed by atoms with Crippen molar-refractivity contribution >= 4 is 11.6 Å². The van der Waals surface area contributed by atoms with Crippen LogP contribution in [0.3, 0.4) is 0 Å². The van der Waals surface area contributed by atoms with Crippen LogP contribution in [0.15, 0.2) is 18.2 Å². The predicted octanol–water partition coefficient (Wildman–Crippen LogP) is 1.76. The van der Waals surface area contributed by atoms with E-state index in [4.69, 9.17) is 4.74 Å². The summed E-state index contributed by atoms with van der Waals surface area (Å²) in [5, 5.41) is 6.29. The number of rotatable bonds is 4. The quantitative estimate of drug-likeness (QED) is 0.851. The van der Waals surface area contributed by atoms with Crippen molar-refractivity contribution in [2.45, 2.75) is 19.9 Å². The van der Waals surface area contributed by atoms with Crippen LogP contribution in [0.5, 0.6) is 5.75 Å². The zero-order valence-corrected chi connectivity index (χ0v) is 10.5. The molecule has 1 aliphatic heterocycles. The lowest BCUT2D eigenvalue weighted by Gasteiger charge is -2.18. The first kappa shape index (κ1) is 11.5. The topological polar surface area (TPSA) is 50.4 Å². The molecule has 1 heterocycles. The van der Waals surface area contributed by atoms with Crippen LogP contribution >= 0.6 is 0 Å². The highest BCUT2D eigenvalue weighted by Gasteiger charge is 2.31. The van der Waals surface area contributed by atoms with Crippen LogP contribution in [-0.4, -0.2) is 19.1 Å². The summed E-state index contributed by atoms with van der Waals surface area (Å²) in [5.74, 6) is 2.41.